The van der Waals surface area contributed by atoms with Gasteiger partial charge < -0.3 is 4.90 Å². The maximum absolute atomic E-state index is 15.1. The molecule has 0 atom stereocenters. The van der Waals surface area contributed by atoms with Gasteiger partial charge in [-0.2, -0.15) is 13.5 Å². The van der Waals surface area contributed by atoms with E-state index in [1.54, 1.807) is 25.1 Å². The molecule has 0 unspecified atom stereocenters. The molecule has 10 heteroatoms. The van der Waals surface area contributed by atoms with E-state index in [-0.39, 0.29) is 11.3 Å². The number of benzene rings is 1. The molecule has 0 fully saturated rings. The lowest BCUT2D eigenvalue weighted by Crippen LogP contribution is -2.40. The second kappa shape index (κ2) is 7.55. The van der Waals surface area contributed by atoms with E-state index in [0.29, 0.717) is 20.5 Å². The van der Waals surface area contributed by atoms with Crippen LogP contribution in [0.15, 0.2) is 53.3 Å². The third-order valence-corrected chi connectivity index (χ3v) is 4.30. The molecule has 0 amide bonds. The van der Waals surface area contributed by atoms with Gasteiger partial charge in [-0.05, 0) is 34.1 Å². The van der Waals surface area contributed by atoms with Crippen LogP contribution in [0.1, 0.15) is 5.56 Å². The maximum atomic E-state index is 15.1. The maximum Gasteiger partial charge on any atom is 0.331 e. The molecular weight excluding hydrogens is 432 g/mol. The van der Waals surface area contributed by atoms with Crippen LogP contribution in [0, 0.1) is 10.8 Å². The second-order valence-electron chi connectivity index (χ2n) is 6.11. The molecule has 2 N–H and O–H groups in total. The summed E-state index contributed by atoms with van der Waals surface area (Å²) >= 11 is 3.23. The lowest BCUT2D eigenvalue weighted by Gasteiger charge is -2.21. The molecule has 3 rings (SSSR count). The topological polar surface area (TPSA) is 94.5 Å². The van der Waals surface area contributed by atoms with Crippen molar-refractivity contribution in [1.29, 1.82) is 10.8 Å². The van der Waals surface area contributed by atoms with Crippen LogP contribution in [0.5, 0.6) is 0 Å². The Balaban J connectivity index is 2.02. The minimum absolute atomic E-state index is 0.286. The van der Waals surface area contributed by atoms with Crippen molar-refractivity contribution in [2.75, 3.05) is 19.0 Å². The zero-order chi connectivity index (χ0) is 20.5. The first kappa shape index (κ1) is 19.7. The Kier molecular flexibility index (Phi) is 5.32. The number of hydrogen-bond donors (Lipinski definition) is 2. The van der Waals surface area contributed by atoms with Crippen LogP contribution in [0.3, 0.4) is 0 Å². The molecule has 0 aliphatic rings. The number of halogens is 3. The fourth-order valence-electron chi connectivity index (χ4n) is 2.41. The van der Waals surface area contributed by atoms with Crippen LogP contribution in [0.25, 0.3) is 11.4 Å². The zero-order valence-corrected chi connectivity index (χ0v) is 16.6. The minimum atomic E-state index is -3.68. The number of nitrogens with zero attached hydrogens (tertiary/aromatic N) is 5. The van der Waals surface area contributed by atoms with Crippen molar-refractivity contribution in [2.45, 2.75) is 5.92 Å². The summed E-state index contributed by atoms with van der Waals surface area (Å²) in [4.78, 5) is 9.82. The molecule has 1 aromatic carbocycles. The molecule has 0 aliphatic carbocycles. The fourth-order valence-corrected chi connectivity index (χ4v) is 2.61. The van der Waals surface area contributed by atoms with Crippen LogP contribution in [0.2, 0.25) is 0 Å². The zero-order valence-electron chi connectivity index (χ0n) is 15.0. The summed E-state index contributed by atoms with van der Waals surface area (Å²) < 4.78 is 31.4. The summed E-state index contributed by atoms with van der Waals surface area (Å²) in [5.74, 6) is -4.15. The van der Waals surface area contributed by atoms with E-state index in [4.69, 9.17) is 10.8 Å². The SMILES string of the molecule is CN(C)c1ccc(=N)n(C(=N)C(F)(F)c2cccc(-c3ncc(Br)cn3)c2)n1. The van der Waals surface area contributed by atoms with Crippen LogP contribution < -0.4 is 10.4 Å². The van der Waals surface area contributed by atoms with Gasteiger partial charge in [0.2, 0.25) is 0 Å². The Morgan fingerprint density at radius 1 is 1.14 bits per heavy atom. The smallest absolute Gasteiger partial charge is 0.331 e. The predicted octanol–water partition coefficient (Wildman–Crippen LogP) is 3.27. The van der Waals surface area contributed by atoms with Gasteiger partial charge in [-0.1, -0.05) is 18.2 Å². The lowest BCUT2D eigenvalue weighted by molar-refractivity contribution is 0.0696. The third-order valence-electron chi connectivity index (χ3n) is 3.89. The van der Waals surface area contributed by atoms with Crippen molar-refractivity contribution in [3.63, 3.8) is 0 Å². The summed E-state index contributed by atoms with van der Waals surface area (Å²) in [7, 11) is 3.39. The highest BCUT2D eigenvalue weighted by molar-refractivity contribution is 9.10. The number of aromatic nitrogens is 4. The van der Waals surface area contributed by atoms with Gasteiger partial charge in [0.05, 0.1) is 4.47 Å². The van der Waals surface area contributed by atoms with Gasteiger partial charge in [0.25, 0.3) is 0 Å². The number of anilines is 1. The predicted molar refractivity (Wildman–Crippen MR) is 105 cm³/mol. The summed E-state index contributed by atoms with van der Waals surface area (Å²) in [5.41, 5.74) is -0.336. The van der Waals surface area contributed by atoms with Crippen molar-refractivity contribution in [3.05, 3.63) is 64.3 Å². The van der Waals surface area contributed by atoms with Crippen LogP contribution in [-0.4, -0.2) is 39.7 Å². The molecule has 0 saturated heterocycles. The van der Waals surface area contributed by atoms with Gasteiger partial charge in [-0.25, -0.2) is 9.97 Å². The summed E-state index contributed by atoms with van der Waals surface area (Å²) in [5, 5.41) is 19.9. The first-order valence-corrected chi connectivity index (χ1v) is 8.87. The molecule has 0 spiro atoms. The van der Waals surface area contributed by atoms with Gasteiger partial charge in [-0.15, -0.1) is 5.10 Å². The van der Waals surface area contributed by atoms with Gasteiger partial charge in [-0.3, -0.25) is 10.8 Å². The monoisotopic (exact) mass is 447 g/mol. The normalized spacial score (nSPS) is 11.3. The third kappa shape index (κ3) is 3.81. The first-order chi connectivity index (χ1) is 13.2. The molecule has 2 heterocycles. The molecule has 0 aliphatic heterocycles. The Bertz CT molecular complexity index is 1080. The number of hydrogen-bond acceptors (Lipinski definition) is 6. The molecule has 0 radical (unpaired) electrons. The highest BCUT2D eigenvalue weighted by atomic mass is 79.9. The van der Waals surface area contributed by atoms with E-state index in [0.717, 1.165) is 0 Å². The fraction of sp³-hybridized carbons (Fsp3) is 0.167. The van der Waals surface area contributed by atoms with E-state index in [9.17, 15) is 0 Å². The Hall–Kier alpha value is -3.01. The van der Waals surface area contributed by atoms with Crippen LogP contribution >= 0.6 is 15.9 Å². The molecule has 0 saturated carbocycles. The van der Waals surface area contributed by atoms with Gasteiger partial charge in [0.15, 0.2) is 11.7 Å². The van der Waals surface area contributed by atoms with Crippen LogP contribution in [0.4, 0.5) is 14.6 Å². The number of nitrogens with one attached hydrogen (secondary N) is 2. The van der Waals surface area contributed by atoms with Crippen LogP contribution in [-0.2, 0) is 5.92 Å². The average molecular weight is 448 g/mol. The number of rotatable bonds is 4. The summed E-state index contributed by atoms with van der Waals surface area (Å²) in [6, 6.07) is 8.36. The van der Waals surface area contributed by atoms with E-state index >= 15 is 8.78 Å². The van der Waals surface area contributed by atoms with Crippen molar-refractivity contribution in [2.24, 2.45) is 0 Å². The molecule has 2 aromatic heterocycles. The van der Waals surface area contributed by atoms with Crippen molar-refractivity contribution >= 4 is 27.6 Å². The molecule has 7 nitrogen and oxygen atoms in total. The minimum Gasteiger partial charge on any atom is -0.361 e. The lowest BCUT2D eigenvalue weighted by atomic mass is 10.0. The Labute approximate surface area is 167 Å². The number of alkyl halides is 2. The molecule has 3 aromatic rings. The quantitative estimate of drug-likeness (QED) is 0.473. The highest BCUT2D eigenvalue weighted by Gasteiger charge is 2.39. The second-order valence-corrected chi connectivity index (χ2v) is 7.03. The van der Waals surface area contributed by atoms with Crippen molar-refractivity contribution in [1.82, 2.24) is 19.7 Å². The van der Waals surface area contributed by atoms with Gasteiger partial charge >= 0.3 is 5.92 Å². The van der Waals surface area contributed by atoms with Crippen molar-refractivity contribution < 1.29 is 8.78 Å². The van der Waals surface area contributed by atoms with Crippen molar-refractivity contribution in [3.8, 4) is 11.4 Å². The highest BCUT2D eigenvalue weighted by Crippen LogP contribution is 2.31. The van der Waals surface area contributed by atoms with E-state index in [1.807, 2.05) is 0 Å². The van der Waals surface area contributed by atoms with E-state index < -0.39 is 17.3 Å². The summed E-state index contributed by atoms with van der Waals surface area (Å²) in [6.45, 7) is 0. The average Bonchev–Trinajstić information content (AvgIpc) is 2.68. The molecule has 28 heavy (non-hydrogen) atoms. The Morgan fingerprint density at radius 2 is 1.82 bits per heavy atom. The van der Waals surface area contributed by atoms with Gasteiger partial charge in [0, 0.05) is 37.6 Å². The molecule has 0 bridgehead atoms. The summed E-state index contributed by atoms with van der Waals surface area (Å²) in [6.07, 6.45) is 3.04. The first-order valence-electron chi connectivity index (χ1n) is 8.08. The molecular formula is C18H16BrF2N7. The standard InChI is InChI=1S/C18H16BrF2N7/c1-27(2)15-7-6-14(22)28(26-15)17(23)18(20,21)12-5-3-4-11(8-12)16-24-9-13(19)10-25-16/h3-10,22-23H,1-2H3. The molecule has 144 valence electrons. The van der Waals surface area contributed by atoms with E-state index in [1.165, 1.54) is 42.7 Å². The van der Waals surface area contributed by atoms with Gasteiger partial charge in [0.1, 0.15) is 11.3 Å². The largest absolute Gasteiger partial charge is 0.361 e. The van der Waals surface area contributed by atoms with E-state index in [2.05, 4.69) is 31.0 Å². The Morgan fingerprint density at radius 3 is 2.46 bits per heavy atom.